The molecule has 0 amide bonds. The maximum Gasteiger partial charge on any atom is 0.171 e. The monoisotopic (exact) mass is 550 g/mol. The predicted octanol–water partition coefficient (Wildman–Crippen LogP) is 5.41. The van der Waals surface area contributed by atoms with E-state index in [2.05, 4.69) is 38.7 Å². The summed E-state index contributed by atoms with van der Waals surface area (Å²) in [6.07, 6.45) is 5.09. The molecule has 8 nitrogen and oxygen atoms in total. The zero-order valence-corrected chi connectivity index (χ0v) is 23.8. The van der Waals surface area contributed by atoms with E-state index in [1.54, 1.807) is 12.5 Å². The number of carbonyl (C=O) groups excluding carboxylic acids is 1. The Labute approximate surface area is 241 Å². The van der Waals surface area contributed by atoms with E-state index in [-0.39, 0.29) is 17.7 Å². The van der Waals surface area contributed by atoms with Crippen LogP contribution in [0.2, 0.25) is 0 Å². The summed E-state index contributed by atoms with van der Waals surface area (Å²) in [5, 5.41) is 14.1. The third-order valence-corrected chi connectivity index (χ3v) is 8.48. The lowest BCUT2D eigenvalue weighted by Gasteiger charge is -2.35. The maximum atomic E-state index is 14.0. The second-order valence-corrected chi connectivity index (χ2v) is 11.3. The Morgan fingerprint density at radius 2 is 1.88 bits per heavy atom. The summed E-state index contributed by atoms with van der Waals surface area (Å²) in [5.41, 5.74) is 10.2. The summed E-state index contributed by atoms with van der Waals surface area (Å²) < 4.78 is 2.11. The number of fused-ring (bicyclic) bond motifs is 2. The van der Waals surface area contributed by atoms with Crippen molar-refractivity contribution in [2.75, 3.05) is 18.0 Å². The number of nitrogens with two attached hydrogens (primary N) is 1. The molecular formula is C33H38N6O2. The molecule has 0 spiro atoms. The molecule has 2 aliphatic rings. The number of aliphatic hydroxyl groups is 1. The van der Waals surface area contributed by atoms with E-state index in [1.165, 1.54) is 0 Å². The van der Waals surface area contributed by atoms with Crippen LogP contribution in [-0.2, 0) is 13.1 Å². The topological polar surface area (TPSA) is 100.0 Å². The Morgan fingerprint density at radius 1 is 1.10 bits per heavy atom. The van der Waals surface area contributed by atoms with E-state index >= 15 is 0 Å². The van der Waals surface area contributed by atoms with Crippen molar-refractivity contribution < 1.29 is 9.90 Å². The Kier molecular flexibility index (Phi) is 7.60. The highest BCUT2D eigenvalue weighted by molar-refractivity contribution is 6.08. The van der Waals surface area contributed by atoms with Gasteiger partial charge in [0.05, 0.1) is 29.8 Å². The van der Waals surface area contributed by atoms with Gasteiger partial charge in [-0.25, -0.2) is 4.99 Å². The minimum Gasteiger partial charge on any atom is -0.368 e. The van der Waals surface area contributed by atoms with Crippen molar-refractivity contribution in [2.45, 2.75) is 58.5 Å². The van der Waals surface area contributed by atoms with Gasteiger partial charge in [0, 0.05) is 43.2 Å². The van der Waals surface area contributed by atoms with Crippen molar-refractivity contribution >= 4 is 34.4 Å². The smallest absolute Gasteiger partial charge is 0.171 e. The van der Waals surface area contributed by atoms with Gasteiger partial charge in [0.2, 0.25) is 0 Å². The summed E-state index contributed by atoms with van der Waals surface area (Å²) >= 11 is 0. The number of benzene rings is 2. The number of rotatable bonds is 8. The summed E-state index contributed by atoms with van der Waals surface area (Å²) in [4.78, 5) is 27.6. The van der Waals surface area contributed by atoms with E-state index < -0.39 is 6.23 Å². The first kappa shape index (κ1) is 27.2. The Balaban J connectivity index is 1.50. The third kappa shape index (κ3) is 5.13. The number of anilines is 1. The van der Waals surface area contributed by atoms with Crippen LogP contribution in [-0.4, -0.2) is 50.8 Å². The zero-order valence-electron chi connectivity index (χ0n) is 23.8. The van der Waals surface area contributed by atoms with Gasteiger partial charge in [0.15, 0.2) is 12.0 Å². The number of Topliss-reactive ketones (excluding diaryl/α,β-unsaturated/α-hetero) is 1. The molecule has 2 aliphatic heterocycles. The highest BCUT2D eigenvalue weighted by atomic mass is 16.3. The highest BCUT2D eigenvalue weighted by Gasteiger charge is 2.38. The lowest BCUT2D eigenvalue weighted by molar-refractivity contribution is 0.0425. The van der Waals surface area contributed by atoms with Crippen LogP contribution in [0.15, 0.2) is 71.9 Å². The van der Waals surface area contributed by atoms with Crippen molar-refractivity contribution in [3.05, 3.63) is 89.4 Å². The van der Waals surface area contributed by atoms with Crippen molar-refractivity contribution in [3.63, 3.8) is 0 Å². The lowest BCUT2D eigenvalue weighted by atomic mass is 9.96. The second-order valence-electron chi connectivity index (χ2n) is 11.3. The summed E-state index contributed by atoms with van der Waals surface area (Å²) in [6, 6.07) is 20.3. The van der Waals surface area contributed by atoms with Gasteiger partial charge in [0.25, 0.3) is 0 Å². The SMILES string of the molecule is CCC(C)C(=O)c1c2c(n(Cc3ccccc3)c1N1CCC[C@H](N)C1)C(O)N(Cc1nccc3ccccc13)C=N2. The largest absolute Gasteiger partial charge is 0.368 e. The van der Waals surface area contributed by atoms with E-state index in [4.69, 9.17) is 10.7 Å². The second kappa shape index (κ2) is 11.5. The molecule has 8 heteroatoms. The van der Waals surface area contributed by atoms with Gasteiger partial charge in [-0.2, -0.15) is 0 Å². The van der Waals surface area contributed by atoms with Crippen molar-refractivity contribution in [1.82, 2.24) is 14.5 Å². The van der Waals surface area contributed by atoms with E-state index in [9.17, 15) is 9.90 Å². The van der Waals surface area contributed by atoms with Crippen LogP contribution in [0.1, 0.15) is 66.6 Å². The molecule has 1 saturated heterocycles. The number of hydrogen-bond donors (Lipinski definition) is 2. The molecule has 0 aliphatic carbocycles. The number of aliphatic imine (C=N–C) groups is 1. The van der Waals surface area contributed by atoms with Crippen molar-refractivity contribution in [1.29, 1.82) is 0 Å². The molecule has 2 aromatic carbocycles. The quantitative estimate of drug-likeness (QED) is 0.285. The fourth-order valence-corrected chi connectivity index (χ4v) is 6.08. The number of carbonyl (C=O) groups is 1. The molecule has 1 fully saturated rings. The van der Waals surface area contributed by atoms with E-state index in [0.717, 1.165) is 53.7 Å². The number of nitrogens with zero attached hydrogens (tertiary/aromatic N) is 5. The molecule has 0 radical (unpaired) electrons. The normalized spacial score (nSPS) is 19.4. The van der Waals surface area contributed by atoms with Crippen LogP contribution in [0.25, 0.3) is 10.8 Å². The molecule has 0 bridgehead atoms. The summed E-state index contributed by atoms with van der Waals surface area (Å²) in [6.45, 7) is 6.34. The van der Waals surface area contributed by atoms with Gasteiger partial charge < -0.3 is 25.2 Å². The van der Waals surface area contributed by atoms with E-state index in [0.29, 0.717) is 36.6 Å². The van der Waals surface area contributed by atoms with Crippen LogP contribution in [0.4, 0.5) is 11.5 Å². The first-order chi connectivity index (χ1) is 20.0. The molecule has 3 N–H and O–H groups in total. The first-order valence-electron chi connectivity index (χ1n) is 14.6. The standard InChI is InChI=1S/C33H38N6O2/c1-3-22(2)31(40)28-29-30(33(41)38(21-36-29)20-27-26-14-8-7-12-24(26)15-16-35-27)39(18-23-10-5-4-6-11-23)32(28)37-17-9-13-25(34)19-37/h4-8,10-12,14-16,21-22,25,33,41H,3,9,13,17-20,34H2,1-2H3/t22?,25-,33?/m0/s1. The molecule has 3 atom stereocenters. The van der Waals surface area contributed by atoms with Gasteiger partial charge in [0.1, 0.15) is 11.5 Å². The van der Waals surface area contributed by atoms with Gasteiger partial charge in [-0.3, -0.25) is 9.78 Å². The van der Waals surface area contributed by atoms with Crippen molar-refractivity contribution in [3.8, 4) is 0 Å². The predicted molar refractivity (Wildman–Crippen MR) is 164 cm³/mol. The molecule has 4 heterocycles. The van der Waals surface area contributed by atoms with Gasteiger partial charge >= 0.3 is 0 Å². The summed E-state index contributed by atoms with van der Waals surface area (Å²) in [7, 11) is 0. The maximum absolute atomic E-state index is 14.0. The first-order valence-corrected chi connectivity index (χ1v) is 14.6. The van der Waals surface area contributed by atoms with Crippen LogP contribution in [0.5, 0.6) is 0 Å². The third-order valence-electron chi connectivity index (χ3n) is 8.48. The van der Waals surface area contributed by atoms with Crippen LogP contribution < -0.4 is 10.6 Å². The molecule has 6 rings (SSSR count). The average molecular weight is 551 g/mol. The molecule has 2 unspecified atom stereocenters. The average Bonchev–Trinajstić information content (AvgIpc) is 3.32. The number of piperidine rings is 1. The molecule has 4 aromatic rings. The number of aliphatic hydroxyl groups excluding tert-OH is 1. The molecule has 41 heavy (non-hydrogen) atoms. The minimum absolute atomic E-state index is 0.0229. The fraction of sp³-hybridized carbons (Fsp3) is 0.364. The molecule has 212 valence electrons. The van der Waals surface area contributed by atoms with Crippen LogP contribution >= 0.6 is 0 Å². The van der Waals surface area contributed by atoms with Gasteiger partial charge in [-0.1, -0.05) is 68.4 Å². The van der Waals surface area contributed by atoms with Crippen LogP contribution in [0.3, 0.4) is 0 Å². The summed E-state index contributed by atoms with van der Waals surface area (Å²) in [5.74, 6) is 0.702. The molecule has 0 saturated carbocycles. The highest BCUT2D eigenvalue weighted by Crippen LogP contribution is 2.45. The fourth-order valence-electron chi connectivity index (χ4n) is 6.08. The Hall–Kier alpha value is -4.01. The van der Waals surface area contributed by atoms with Crippen LogP contribution in [0, 0.1) is 5.92 Å². The number of aromatic nitrogens is 2. The number of pyridine rings is 1. The number of ketones is 1. The zero-order chi connectivity index (χ0) is 28.5. The molecule has 2 aromatic heterocycles. The molecular weight excluding hydrogens is 512 g/mol. The minimum atomic E-state index is -1.01. The lowest BCUT2D eigenvalue weighted by Crippen LogP contribution is -2.44. The van der Waals surface area contributed by atoms with Crippen molar-refractivity contribution in [2.24, 2.45) is 16.6 Å². The van der Waals surface area contributed by atoms with E-state index in [1.807, 2.05) is 55.1 Å². The Bertz CT molecular complexity index is 1570. The van der Waals surface area contributed by atoms with Gasteiger partial charge in [-0.05, 0) is 36.3 Å². The van der Waals surface area contributed by atoms with Gasteiger partial charge in [-0.15, -0.1) is 0 Å². The Morgan fingerprint density at radius 3 is 2.66 bits per heavy atom. The number of hydrogen-bond acceptors (Lipinski definition) is 7.